The van der Waals surface area contributed by atoms with Crippen LogP contribution in [0.5, 0.6) is 0 Å². The van der Waals surface area contributed by atoms with Gasteiger partial charge in [-0.05, 0) is 13.0 Å². The number of pyridine rings is 1. The van der Waals surface area contributed by atoms with Crippen molar-refractivity contribution in [3.8, 4) is 11.3 Å². The van der Waals surface area contributed by atoms with Gasteiger partial charge in [0.15, 0.2) is 0 Å². The molecule has 0 unspecified atom stereocenters. The van der Waals surface area contributed by atoms with E-state index in [0.717, 1.165) is 22.6 Å². The van der Waals surface area contributed by atoms with E-state index in [1.54, 1.807) is 0 Å². The molecule has 0 atom stereocenters. The SMILES string of the molecule is Cc1c(-c2ccccc2)nc2cc(Cl)ccn12. The highest BCUT2D eigenvalue weighted by atomic mass is 35.5. The molecule has 0 fully saturated rings. The predicted octanol–water partition coefficient (Wildman–Crippen LogP) is 3.96. The predicted molar refractivity (Wildman–Crippen MR) is 70.4 cm³/mol. The fourth-order valence-corrected chi connectivity index (χ4v) is 2.17. The first-order chi connectivity index (χ1) is 8.25. The Bertz CT molecular complexity index is 671. The summed E-state index contributed by atoms with van der Waals surface area (Å²) in [6.45, 7) is 2.07. The highest BCUT2D eigenvalue weighted by molar-refractivity contribution is 6.30. The number of rotatable bonds is 1. The number of halogens is 1. The molecule has 3 aromatic rings. The number of hydrogen-bond acceptors (Lipinski definition) is 1. The molecule has 2 heterocycles. The first-order valence-electron chi connectivity index (χ1n) is 5.45. The first-order valence-corrected chi connectivity index (χ1v) is 5.83. The summed E-state index contributed by atoms with van der Waals surface area (Å²) in [5.74, 6) is 0. The summed E-state index contributed by atoms with van der Waals surface area (Å²) in [6, 6.07) is 13.9. The lowest BCUT2D eigenvalue weighted by Gasteiger charge is -1.98. The molecule has 0 aliphatic rings. The summed E-state index contributed by atoms with van der Waals surface area (Å²) in [6.07, 6.45) is 1.95. The molecule has 0 saturated carbocycles. The van der Waals surface area contributed by atoms with Crippen LogP contribution in [0.3, 0.4) is 0 Å². The van der Waals surface area contributed by atoms with Crippen LogP contribution in [0.4, 0.5) is 0 Å². The molecule has 17 heavy (non-hydrogen) atoms. The molecule has 2 nitrogen and oxygen atoms in total. The Kier molecular flexibility index (Phi) is 2.37. The number of imidazole rings is 1. The first kappa shape index (κ1) is 10.4. The fourth-order valence-electron chi connectivity index (χ4n) is 2.01. The Labute approximate surface area is 104 Å². The second kappa shape index (κ2) is 3.90. The molecule has 0 radical (unpaired) electrons. The smallest absolute Gasteiger partial charge is 0.139 e. The van der Waals surface area contributed by atoms with Crippen molar-refractivity contribution in [3.05, 3.63) is 59.4 Å². The molecule has 0 N–H and O–H groups in total. The molecule has 0 amide bonds. The monoisotopic (exact) mass is 242 g/mol. The summed E-state index contributed by atoms with van der Waals surface area (Å²) in [5.41, 5.74) is 4.15. The molecule has 3 heteroatoms. The van der Waals surface area contributed by atoms with Crippen LogP contribution < -0.4 is 0 Å². The zero-order valence-corrected chi connectivity index (χ0v) is 10.1. The van der Waals surface area contributed by atoms with Crippen LogP contribution in [0.25, 0.3) is 16.9 Å². The Morgan fingerprint density at radius 3 is 2.65 bits per heavy atom. The van der Waals surface area contributed by atoms with Gasteiger partial charge in [0.1, 0.15) is 5.65 Å². The van der Waals surface area contributed by atoms with Gasteiger partial charge >= 0.3 is 0 Å². The normalized spacial score (nSPS) is 10.9. The van der Waals surface area contributed by atoms with Gasteiger partial charge in [-0.1, -0.05) is 41.9 Å². The van der Waals surface area contributed by atoms with Crippen molar-refractivity contribution in [2.45, 2.75) is 6.92 Å². The van der Waals surface area contributed by atoms with Crippen molar-refractivity contribution >= 4 is 17.2 Å². The Hall–Kier alpha value is -1.80. The van der Waals surface area contributed by atoms with Gasteiger partial charge in [0, 0.05) is 28.5 Å². The Balaban J connectivity index is 2.28. The molecule has 0 aliphatic heterocycles. The highest BCUT2D eigenvalue weighted by Gasteiger charge is 2.09. The van der Waals surface area contributed by atoms with E-state index in [0.29, 0.717) is 5.02 Å². The zero-order valence-electron chi connectivity index (χ0n) is 9.39. The molecule has 0 spiro atoms. The summed E-state index contributed by atoms with van der Waals surface area (Å²) in [7, 11) is 0. The maximum atomic E-state index is 5.97. The van der Waals surface area contributed by atoms with Crippen molar-refractivity contribution in [1.82, 2.24) is 9.38 Å². The maximum absolute atomic E-state index is 5.97. The molecule has 2 aromatic heterocycles. The minimum Gasteiger partial charge on any atom is -0.304 e. The third kappa shape index (κ3) is 1.71. The van der Waals surface area contributed by atoms with E-state index in [2.05, 4.69) is 24.0 Å². The number of benzene rings is 1. The molecule has 0 saturated heterocycles. The average molecular weight is 243 g/mol. The third-order valence-corrected chi connectivity index (χ3v) is 3.11. The van der Waals surface area contributed by atoms with Gasteiger partial charge < -0.3 is 4.40 Å². The third-order valence-electron chi connectivity index (χ3n) is 2.87. The zero-order chi connectivity index (χ0) is 11.8. The summed E-state index contributed by atoms with van der Waals surface area (Å²) >= 11 is 5.97. The largest absolute Gasteiger partial charge is 0.304 e. The van der Waals surface area contributed by atoms with Crippen LogP contribution in [0, 0.1) is 6.92 Å². The van der Waals surface area contributed by atoms with Crippen molar-refractivity contribution in [1.29, 1.82) is 0 Å². The quantitative estimate of drug-likeness (QED) is 0.631. The summed E-state index contributed by atoms with van der Waals surface area (Å²) in [4.78, 5) is 4.62. The molecular weight excluding hydrogens is 232 g/mol. The highest BCUT2D eigenvalue weighted by Crippen LogP contribution is 2.24. The van der Waals surface area contributed by atoms with Gasteiger partial charge in [-0.3, -0.25) is 0 Å². The molecule has 0 aliphatic carbocycles. The molecule has 84 valence electrons. The van der Waals surface area contributed by atoms with Crippen LogP contribution in [-0.2, 0) is 0 Å². The standard InChI is InChI=1S/C14H11ClN2/c1-10-14(11-5-3-2-4-6-11)16-13-9-12(15)7-8-17(10)13/h2-9H,1H3. The van der Waals surface area contributed by atoms with E-state index < -0.39 is 0 Å². The second-order valence-electron chi connectivity index (χ2n) is 3.99. The van der Waals surface area contributed by atoms with Crippen LogP contribution in [-0.4, -0.2) is 9.38 Å². The lowest BCUT2D eigenvalue weighted by molar-refractivity contribution is 1.11. The van der Waals surface area contributed by atoms with Gasteiger partial charge in [0.05, 0.1) is 5.69 Å². The van der Waals surface area contributed by atoms with E-state index in [1.807, 2.05) is 40.9 Å². The Morgan fingerprint density at radius 1 is 1.12 bits per heavy atom. The van der Waals surface area contributed by atoms with E-state index in [4.69, 9.17) is 11.6 Å². The van der Waals surface area contributed by atoms with Gasteiger partial charge in [-0.15, -0.1) is 0 Å². The molecule has 1 aromatic carbocycles. The molecule has 0 bridgehead atoms. The van der Waals surface area contributed by atoms with Gasteiger partial charge in [0.25, 0.3) is 0 Å². The van der Waals surface area contributed by atoms with E-state index in [-0.39, 0.29) is 0 Å². The Morgan fingerprint density at radius 2 is 1.88 bits per heavy atom. The maximum Gasteiger partial charge on any atom is 0.139 e. The van der Waals surface area contributed by atoms with E-state index >= 15 is 0 Å². The van der Waals surface area contributed by atoms with Crippen molar-refractivity contribution in [2.24, 2.45) is 0 Å². The number of nitrogens with zero attached hydrogens (tertiary/aromatic N) is 2. The van der Waals surface area contributed by atoms with Crippen LogP contribution in [0.1, 0.15) is 5.69 Å². The minimum absolute atomic E-state index is 0.710. The van der Waals surface area contributed by atoms with Gasteiger partial charge in [-0.25, -0.2) is 4.98 Å². The fraction of sp³-hybridized carbons (Fsp3) is 0.0714. The van der Waals surface area contributed by atoms with E-state index in [9.17, 15) is 0 Å². The minimum atomic E-state index is 0.710. The van der Waals surface area contributed by atoms with Gasteiger partial charge in [0.2, 0.25) is 0 Å². The topological polar surface area (TPSA) is 17.3 Å². The number of aryl methyl sites for hydroxylation is 1. The van der Waals surface area contributed by atoms with Gasteiger partial charge in [-0.2, -0.15) is 0 Å². The van der Waals surface area contributed by atoms with E-state index in [1.165, 1.54) is 0 Å². The van der Waals surface area contributed by atoms with Crippen molar-refractivity contribution in [2.75, 3.05) is 0 Å². The second-order valence-corrected chi connectivity index (χ2v) is 4.42. The lowest BCUT2D eigenvalue weighted by atomic mass is 10.1. The number of aromatic nitrogens is 2. The number of hydrogen-bond donors (Lipinski definition) is 0. The average Bonchev–Trinajstić information content (AvgIpc) is 2.67. The summed E-state index contributed by atoms with van der Waals surface area (Å²) in [5, 5.41) is 0.710. The lowest BCUT2D eigenvalue weighted by Crippen LogP contribution is -1.86. The molecule has 3 rings (SSSR count). The van der Waals surface area contributed by atoms with Crippen LogP contribution in [0.2, 0.25) is 5.02 Å². The number of fused-ring (bicyclic) bond motifs is 1. The van der Waals surface area contributed by atoms with Crippen LogP contribution in [0.15, 0.2) is 48.7 Å². The molecular formula is C14H11ClN2. The van der Waals surface area contributed by atoms with Crippen molar-refractivity contribution < 1.29 is 0 Å². The summed E-state index contributed by atoms with van der Waals surface area (Å²) < 4.78 is 2.05. The van der Waals surface area contributed by atoms with Crippen molar-refractivity contribution in [3.63, 3.8) is 0 Å². The van der Waals surface area contributed by atoms with Crippen LogP contribution >= 0.6 is 11.6 Å².